The second-order valence-corrected chi connectivity index (χ2v) is 14.6. The van der Waals surface area contributed by atoms with Crippen LogP contribution in [0.25, 0.3) is 99.1 Å². The Morgan fingerprint density at radius 1 is 0.471 bits per heavy atom. The average molecular weight is 651 g/mol. The number of hydrogen-bond acceptors (Lipinski definition) is 2. The first-order chi connectivity index (χ1) is 25.1. The first kappa shape index (κ1) is 27.3. The molecule has 7 aromatic carbocycles. The molecule has 238 valence electrons. The van der Waals surface area contributed by atoms with Crippen LogP contribution in [0.1, 0.15) is 25.0 Å². The van der Waals surface area contributed by atoms with E-state index in [1.807, 2.05) is 0 Å². The monoisotopic (exact) mass is 650 g/mol. The predicted octanol–water partition coefficient (Wildman–Crippen LogP) is 11.9. The van der Waals surface area contributed by atoms with Gasteiger partial charge in [-0.15, -0.1) is 0 Å². The molecule has 0 spiro atoms. The van der Waals surface area contributed by atoms with Crippen LogP contribution < -0.4 is 0 Å². The Balaban J connectivity index is 1.32. The molecule has 0 atom stereocenters. The Labute approximate surface area is 293 Å². The number of nitrogens with zero attached hydrogens (tertiary/aromatic N) is 4. The molecular formula is C47H30N4. The molecule has 0 radical (unpaired) electrons. The molecule has 4 heterocycles. The van der Waals surface area contributed by atoms with Crippen molar-refractivity contribution in [1.82, 2.24) is 18.9 Å². The molecule has 4 heteroatoms. The van der Waals surface area contributed by atoms with Crippen molar-refractivity contribution >= 4 is 70.7 Å². The molecule has 1 aliphatic rings. The Kier molecular flexibility index (Phi) is 5.02. The number of hydrogen-bond donors (Lipinski definition) is 0. The molecule has 0 saturated heterocycles. The van der Waals surface area contributed by atoms with E-state index in [4.69, 9.17) is 9.97 Å². The fourth-order valence-corrected chi connectivity index (χ4v) is 9.48. The molecule has 4 nitrogen and oxygen atoms in total. The van der Waals surface area contributed by atoms with E-state index in [-0.39, 0.29) is 5.41 Å². The maximum Gasteiger partial charge on any atom is 0.235 e. The van der Waals surface area contributed by atoms with E-state index < -0.39 is 0 Å². The number of rotatable bonds is 2. The summed E-state index contributed by atoms with van der Waals surface area (Å²) in [7, 11) is 0. The highest BCUT2D eigenvalue weighted by Crippen LogP contribution is 2.52. The van der Waals surface area contributed by atoms with Crippen LogP contribution in [0.3, 0.4) is 0 Å². The fraction of sp³-hybridized carbons (Fsp3) is 0.0638. The summed E-state index contributed by atoms with van der Waals surface area (Å²) in [5.74, 6) is 0.689. The molecule has 0 amide bonds. The van der Waals surface area contributed by atoms with Crippen molar-refractivity contribution in [3.05, 3.63) is 157 Å². The minimum atomic E-state index is -0.253. The van der Waals surface area contributed by atoms with Gasteiger partial charge in [0.2, 0.25) is 5.95 Å². The maximum atomic E-state index is 5.60. The predicted molar refractivity (Wildman–Crippen MR) is 212 cm³/mol. The normalized spacial score (nSPS) is 13.8. The lowest BCUT2D eigenvalue weighted by Gasteiger charge is -2.24. The number of benzene rings is 7. The molecule has 51 heavy (non-hydrogen) atoms. The standard InChI is InChI=1S/C47H30N4/c1-47(2)36-20-9-6-17-35(36)42-40(47)41(28-13-4-3-5-14-28)48-46(49-42)51-38-22-11-8-16-30(38)33-25-23-27-24-26-34-32-19-12-18-31-29-15-7-10-21-37(29)50(43(31)32)44(34)39(27)45(33)51/h3-26H,1-2H3. The lowest BCUT2D eigenvalue weighted by atomic mass is 9.81. The Morgan fingerprint density at radius 2 is 1.06 bits per heavy atom. The van der Waals surface area contributed by atoms with Gasteiger partial charge >= 0.3 is 0 Å². The van der Waals surface area contributed by atoms with Gasteiger partial charge < -0.3 is 4.40 Å². The van der Waals surface area contributed by atoms with Crippen LogP contribution >= 0.6 is 0 Å². The van der Waals surface area contributed by atoms with Gasteiger partial charge in [-0.3, -0.25) is 4.57 Å². The topological polar surface area (TPSA) is 35.1 Å². The van der Waals surface area contributed by atoms with E-state index in [9.17, 15) is 0 Å². The Hall–Kier alpha value is -6.52. The zero-order valence-corrected chi connectivity index (χ0v) is 28.1. The summed E-state index contributed by atoms with van der Waals surface area (Å²) in [6, 6.07) is 52.9. The maximum absolute atomic E-state index is 5.60. The summed E-state index contributed by atoms with van der Waals surface area (Å²) in [6.07, 6.45) is 0. The molecule has 12 rings (SSSR count). The van der Waals surface area contributed by atoms with Crippen molar-refractivity contribution in [3.63, 3.8) is 0 Å². The van der Waals surface area contributed by atoms with Crippen LogP contribution in [0.4, 0.5) is 0 Å². The number of para-hydroxylation sites is 3. The van der Waals surface area contributed by atoms with Gasteiger partial charge in [0, 0.05) is 59.8 Å². The van der Waals surface area contributed by atoms with Crippen molar-refractivity contribution in [2.24, 2.45) is 0 Å². The van der Waals surface area contributed by atoms with E-state index in [1.54, 1.807) is 0 Å². The van der Waals surface area contributed by atoms with Gasteiger partial charge in [-0.25, -0.2) is 9.97 Å². The smallest absolute Gasteiger partial charge is 0.235 e. The van der Waals surface area contributed by atoms with Crippen molar-refractivity contribution in [2.75, 3.05) is 0 Å². The molecule has 1 aliphatic carbocycles. The molecule has 0 bridgehead atoms. The van der Waals surface area contributed by atoms with Crippen LogP contribution in [0, 0.1) is 0 Å². The number of fused-ring (bicyclic) bond motifs is 15. The molecule has 0 N–H and O–H groups in total. The molecule has 4 aromatic heterocycles. The van der Waals surface area contributed by atoms with Crippen molar-refractivity contribution in [2.45, 2.75) is 19.3 Å². The highest BCUT2D eigenvalue weighted by Gasteiger charge is 2.40. The molecular weight excluding hydrogens is 621 g/mol. The van der Waals surface area contributed by atoms with E-state index in [0.29, 0.717) is 5.95 Å². The van der Waals surface area contributed by atoms with Crippen LogP contribution in [-0.2, 0) is 5.41 Å². The van der Waals surface area contributed by atoms with Gasteiger partial charge in [-0.1, -0.05) is 147 Å². The first-order valence-electron chi connectivity index (χ1n) is 17.7. The lowest BCUT2D eigenvalue weighted by molar-refractivity contribution is 0.657. The van der Waals surface area contributed by atoms with Crippen LogP contribution in [0.5, 0.6) is 0 Å². The van der Waals surface area contributed by atoms with Gasteiger partial charge in [-0.05, 0) is 23.1 Å². The van der Waals surface area contributed by atoms with Gasteiger partial charge in [0.15, 0.2) is 0 Å². The summed E-state index contributed by atoms with van der Waals surface area (Å²) in [4.78, 5) is 11.2. The largest absolute Gasteiger partial charge is 0.307 e. The van der Waals surface area contributed by atoms with Crippen LogP contribution in [0.15, 0.2) is 146 Å². The highest BCUT2D eigenvalue weighted by atomic mass is 15.2. The van der Waals surface area contributed by atoms with Crippen molar-refractivity contribution < 1.29 is 0 Å². The summed E-state index contributed by atoms with van der Waals surface area (Å²) < 4.78 is 4.86. The third-order valence-electron chi connectivity index (χ3n) is 11.6. The quantitative estimate of drug-likeness (QED) is 0.187. The SMILES string of the molecule is CC1(C)c2ccccc2-c2nc(-n3c4ccccc4c4ccc5ccc6c7cccc8c9ccccc9n(c87)c6c5c43)nc(-c3ccccc3)c21. The molecule has 11 aromatic rings. The van der Waals surface area contributed by atoms with Gasteiger partial charge in [0.05, 0.1) is 39.0 Å². The van der Waals surface area contributed by atoms with E-state index >= 15 is 0 Å². The highest BCUT2D eigenvalue weighted by molar-refractivity contribution is 6.32. The van der Waals surface area contributed by atoms with E-state index in [1.165, 1.54) is 76.3 Å². The van der Waals surface area contributed by atoms with Gasteiger partial charge in [-0.2, -0.15) is 0 Å². The minimum absolute atomic E-state index is 0.253. The minimum Gasteiger partial charge on any atom is -0.307 e. The summed E-state index contributed by atoms with van der Waals surface area (Å²) in [6.45, 7) is 4.62. The summed E-state index contributed by atoms with van der Waals surface area (Å²) in [5, 5.41) is 9.90. The third kappa shape index (κ3) is 3.30. The second-order valence-electron chi connectivity index (χ2n) is 14.6. The molecule has 0 fully saturated rings. The van der Waals surface area contributed by atoms with Crippen LogP contribution in [0.2, 0.25) is 0 Å². The fourth-order valence-electron chi connectivity index (χ4n) is 9.48. The summed E-state index contributed by atoms with van der Waals surface area (Å²) >= 11 is 0. The summed E-state index contributed by atoms with van der Waals surface area (Å²) in [5.41, 5.74) is 12.5. The zero-order valence-electron chi connectivity index (χ0n) is 28.1. The third-order valence-corrected chi connectivity index (χ3v) is 11.6. The Morgan fingerprint density at radius 3 is 1.86 bits per heavy atom. The van der Waals surface area contributed by atoms with Crippen molar-refractivity contribution in [3.8, 4) is 28.5 Å². The molecule has 0 aliphatic heterocycles. The Bertz CT molecular complexity index is 3270. The lowest BCUT2D eigenvalue weighted by Crippen LogP contribution is -2.18. The second kappa shape index (κ2) is 9.38. The van der Waals surface area contributed by atoms with Crippen molar-refractivity contribution in [1.29, 1.82) is 0 Å². The molecule has 0 saturated carbocycles. The molecule has 0 unspecified atom stereocenters. The zero-order chi connectivity index (χ0) is 33.6. The van der Waals surface area contributed by atoms with E-state index in [0.717, 1.165) is 28.0 Å². The van der Waals surface area contributed by atoms with Gasteiger partial charge in [0.25, 0.3) is 0 Å². The van der Waals surface area contributed by atoms with Gasteiger partial charge in [0.1, 0.15) is 0 Å². The van der Waals surface area contributed by atoms with E-state index in [2.05, 4.69) is 168 Å². The van der Waals surface area contributed by atoms with Crippen LogP contribution in [-0.4, -0.2) is 18.9 Å². The first-order valence-corrected chi connectivity index (χ1v) is 17.7. The number of aromatic nitrogens is 4. The average Bonchev–Trinajstić information content (AvgIpc) is 3.88.